The van der Waals surface area contributed by atoms with E-state index < -0.39 is 17.2 Å². The molecule has 0 amide bonds. The van der Waals surface area contributed by atoms with E-state index in [1.807, 2.05) is 18.6 Å². The predicted octanol–water partition coefficient (Wildman–Crippen LogP) is 2.58. The summed E-state index contributed by atoms with van der Waals surface area (Å²) in [7, 11) is 1.82. The van der Waals surface area contributed by atoms with E-state index in [-0.39, 0.29) is 17.4 Å². The first-order valence-electron chi connectivity index (χ1n) is 7.29. The van der Waals surface area contributed by atoms with Crippen molar-refractivity contribution in [3.63, 3.8) is 0 Å². The van der Waals surface area contributed by atoms with Crippen molar-refractivity contribution in [1.82, 2.24) is 24.3 Å². The second-order valence-corrected chi connectivity index (χ2v) is 6.34. The van der Waals surface area contributed by atoms with Crippen molar-refractivity contribution in [2.45, 2.75) is 6.54 Å². The molecular weight excluding hydrogens is 348 g/mol. The molecule has 0 aliphatic heterocycles. The van der Waals surface area contributed by atoms with Crippen LogP contribution in [0.25, 0.3) is 21.5 Å². The minimum Gasteiger partial charge on any atom is -0.293 e. The molecule has 0 bridgehead atoms. The Morgan fingerprint density at radius 3 is 2.88 bits per heavy atom. The van der Waals surface area contributed by atoms with Crippen molar-refractivity contribution < 1.29 is 8.78 Å². The highest BCUT2D eigenvalue weighted by Crippen LogP contribution is 2.23. The summed E-state index contributed by atoms with van der Waals surface area (Å²) in [5, 5.41) is 6.76. The summed E-state index contributed by atoms with van der Waals surface area (Å²) in [5.74, 6) is -2.15. The number of halogens is 2. The molecule has 0 unspecified atom stereocenters. The lowest BCUT2D eigenvalue weighted by Gasteiger charge is -2.05. The molecule has 0 N–H and O–H groups in total. The Labute approximate surface area is 144 Å². The molecule has 0 aliphatic carbocycles. The molecule has 0 atom stereocenters. The van der Waals surface area contributed by atoms with Crippen LogP contribution in [-0.2, 0) is 13.6 Å². The number of thiazole rings is 1. The molecule has 0 spiro atoms. The maximum atomic E-state index is 13.7. The average molecular weight is 359 g/mol. The molecule has 0 radical (unpaired) electrons. The summed E-state index contributed by atoms with van der Waals surface area (Å²) in [5.41, 5.74) is 0.852. The van der Waals surface area contributed by atoms with Crippen LogP contribution in [0.5, 0.6) is 0 Å². The summed E-state index contributed by atoms with van der Waals surface area (Å²) in [6, 6.07) is 2.16. The highest BCUT2D eigenvalue weighted by atomic mass is 32.1. The van der Waals surface area contributed by atoms with Gasteiger partial charge in [0.2, 0.25) is 0 Å². The summed E-state index contributed by atoms with van der Waals surface area (Å²) in [6.07, 6.45) is 4.77. The van der Waals surface area contributed by atoms with Crippen molar-refractivity contribution in [1.29, 1.82) is 0 Å². The number of benzene rings is 1. The number of fused-ring (bicyclic) bond motifs is 1. The van der Waals surface area contributed by atoms with Gasteiger partial charge < -0.3 is 0 Å². The first-order chi connectivity index (χ1) is 12.0. The number of aromatic nitrogens is 5. The average Bonchev–Trinajstić information content (AvgIpc) is 3.22. The van der Waals surface area contributed by atoms with Gasteiger partial charge in [-0.2, -0.15) is 5.10 Å². The van der Waals surface area contributed by atoms with Crippen LogP contribution in [0.4, 0.5) is 8.78 Å². The largest absolute Gasteiger partial charge is 0.293 e. The van der Waals surface area contributed by atoms with Gasteiger partial charge in [-0.3, -0.25) is 14.0 Å². The zero-order valence-corrected chi connectivity index (χ0v) is 13.8. The Morgan fingerprint density at radius 1 is 1.28 bits per heavy atom. The zero-order chi connectivity index (χ0) is 17.6. The van der Waals surface area contributed by atoms with E-state index in [1.54, 1.807) is 10.9 Å². The van der Waals surface area contributed by atoms with Crippen LogP contribution >= 0.6 is 11.3 Å². The maximum absolute atomic E-state index is 13.7. The van der Waals surface area contributed by atoms with Gasteiger partial charge in [-0.25, -0.2) is 18.7 Å². The number of hydrogen-bond acceptors (Lipinski definition) is 5. The molecule has 9 heteroatoms. The van der Waals surface area contributed by atoms with E-state index in [1.165, 1.54) is 28.3 Å². The van der Waals surface area contributed by atoms with Crippen LogP contribution in [-0.4, -0.2) is 24.3 Å². The third-order valence-corrected chi connectivity index (χ3v) is 4.66. The molecule has 126 valence electrons. The minimum atomic E-state index is -1.12. The Kier molecular flexibility index (Phi) is 3.65. The van der Waals surface area contributed by atoms with E-state index in [0.29, 0.717) is 5.69 Å². The SMILES string of the molecule is Cn1cc(-c2nc(Cn3cnc4c(F)c(F)ccc4c3=O)cs2)cn1. The number of rotatable bonds is 3. The summed E-state index contributed by atoms with van der Waals surface area (Å²) < 4.78 is 30.0. The first kappa shape index (κ1) is 15.6. The molecule has 0 aliphatic rings. The van der Waals surface area contributed by atoms with Crippen molar-refractivity contribution in [3.8, 4) is 10.6 Å². The molecule has 6 nitrogen and oxygen atoms in total. The standard InChI is InChI=1S/C16H11F2N5OS/c1-22-5-9(4-20-22)15-21-10(7-25-15)6-23-8-19-14-11(16(23)24)2-3-12(17)13(14)18/h2-5,7-8H,6H2,1H3. The zero-order valence-electron chi connectivity index (χ0n) is 13.0. The van der Waals surface area contributed by atoms with Crippen molar-refractivity contribution in [2.75, 3.05) is 0 Å². The van der Waals surface area contributed by atoms with E-state index in [4.69, 9.17) is 0 Å². The van der Waals surface area contributed by atoms with Crippen molar-refractivity contribution in [2.24, 2.45) is 7.05 Å². The Balaban J connectivity index is 1.70. The number of aryl methyl sites for hydroxylation is 1. The lowest BCUT2D eigenvalue weighted by atomic mass is 10.2. The van der Waals surface area contributed by atoms with Gasteiger partial charge in [-0.05, 0) is 12.1 Å². The molecule has 25 heavy (non-hydrogen) atoms. The van der Waals surface area contributed by atoms with Gasteiger partial charge in [0, 0.05) is 24.2 Å². The topological polar surface area (TPSA) is 65.6 Å². The van der Waals surface area contributed by atoms with Crippen LogP contribution in [0, 0.1) is 11.6 Å². The fourth-order valence-electron chi connectivity index (χ4n) is 2.50. The third-order valence-electron chi connectivity index (χ3n) is 3.72. The van der Waals surface area contributed by atoms with Crippen LogP contribution < -0.4 is 5.56 Å². The van der Waals surface area contributed by atoms with Gasteiger partial charge in [0.1, 0.15) is 10.5 Å². The third kappa shape index (κ3) is 2.72. The number of nitrogens with zero attached hydrogens (tertiary/aromatic N) is 5. The van der Waals surface area contributed by atoms with Gasteiger partial charge in [0.15, 0.2) is 11.6 Å². The normalized spacial score (nSPS) is 11.3. The van der Waals surface area contributed by atoms with Gasteiger partial charge in [-0.15, -0.1) is 11.3 Å². The van der Waals surface area contributed by atoms with Gasteiger partial charge in [0.05, 0.1) is 30.1 Å². The molecule has 3 heterocycles. The van der Waals surface area contributed by atoms with Crippen LogP contribution in [0.2, 0.25) is 0 Å². The van der Waals surface area contributed by atoms with Gasteiger partial charge in [0.25, 0.3) is 5.56 Å². The summed E-state index contributed by atoms with van der Waals surface area (Å²) >= 11 is 1.44. The van der Waals surface area contributed by atoms with Gasteiger partial charge in [-0.1, -0.05) is 0 Å². The summed E-state index contributed by atoms with van der Waals surface area (Å²) in [4.78, 5) is 20.8. The molecule has 1 aromatic carbocycles. The lowest BCUT2D eigenvalue weighted by molar-refractivity contribution is 0.514. The Morgan fingerprint density at radius 2 is 2.12 bits per heavy atom. The van der Waals surface area contributed by atoms with E-state index in [9.17, 15) is 13.6 Å². The minimum absolute atomic E-state index is 0.0316. The smallest absolute Gasteiger partial charge is 0.261 e. The highest BCUT2D eigenvalue weighted by Gasteiger charge is 2.13. The van der Waals surface area contributed by atoms with E-state index in [0.717, 1.165) is 16.6 Å². The Bertz CT molecular complexity index is 1150. The number of hydrogen-bond donors (Lipinski definition) is 0. The van der Waals surface area contributed by atoms with Gasteiger partial charge >= 0.3 is 0 Å². The molecule has 0 saturated heterocycles. The molecule has 4 aromatic rings. The first-order valence-corrected chi connectivity index (χ1v) is 8.17. The molecule has 4 rings (SSSR count). The second-order valence-electron chi connectivity index (χ2n) is 5.48. The fraction of sp³-hybridized carbons (Fsp3) is 0.125. The summed E-state index contributed by atoms with van der Waals surface area (Å²) in [6.45, 7) is 0.192. The fourth-order valence-corrected chi connectivity index (χ4v) is 3.29. The van der Waals surface area contributed by atoms with E-state index in [2.05, 4.69) is 15.1 Å². The highest BCUT2D eigenvalue weighted by molar-refractivity contribution is 7.13. The quantitative estimate of drug-likeness (QED) is 0.564. The molecule has 0 fully saturated rings. The molecular formula is C16H11F2N5OS. The monoisotopic (exact) mass is 359 g/mol. The van der Waals surface area contributed by atoms with Crippen LogP contribution in [0.15, 0.2) is 41.0 Å². The maximum Gasteiger partial charge on any atom is 0.261 e. The molecule has 3 aromatic heterocycles. The molecule has 0 saturated carbocycles. The predicted molar refractivity (Wildman–Crippen MR) is 89.3 cm³/mol. The lowest BCUT2D eigenvalue weighted by Crippen LogP contribution is -2.21. The van der Waals surface area contributed by atoms with Crippen molar-refractivity contribution >= 4 is 22.2 Å². The van der Waals surface area contributed by atoms with Crippen LogP contribution in [0.3, 0.4) is 0 Å². The Hall–Kier alpha value is -2.94. The van der Waals surface area contributed by atoms with Crippen molar-refractivity contribution in [3.05, 3.63) is 63.9 Å². The second kappa shape index (κ2) is 5.85. The van der Waals surface area contributed by atoms with Crippen LogP contribution in [0.1, 0.15) is 5.69 Å². The van der Waals surface area contributed by atoms with E-state index >= 15 is 0 Å².